The van der Waals surface area contributed by atoms with Crippen molar-refractivity contribution in [2.45, 2.75) is 45.1 Å². The number of carbonyl (C=O) groups excluding carboxylic acids is 2. The number of aromatic nitrogens is 1. The van der Waals surface area contributed by atoms with E-state index in [-0.39, 0.29) is 31.3 Å². The van der Waals surface area contributed by atoms with Crippen LogP contribution in [0.3, 0.4) is 0 Å². The van der Waals surface area contributed by atoms with Gasteiger partial charge in [-0.15, -0.1) is 11.3 Å². The first-order valence-electron chi connectivity index (χ1n) is 10.9. The van der Waals surface area contributed by atoms with Crippen molar-refractivity contribution in [1.82, 2.24) is 20.3 Å². The monoisotopic (exact) mass is 484 g/mol. The largest absolute Gasteiger partial charge is 0.444 e. The molecule has 0 atom stereocenters. The highest BCUT2D eigenvalue weighted by molar-refractivity contribution is 7.13. The standard InChI is InChI=1S/C22H30F2N4O4S/c1-21(2,3)31-20(30)28-12-10-27(11-13-28)9-7-22(23,24)6-8-25-19(29)16-15-17(32-26-16)18-5-4-14-33-18/h4-5,14-15H,6-13H2,1-3H3,(H,25,29). The lowest BCUT2D eigenvalue weighted by atomic mass is 10.1. The van der Waals surface area contributed by atoms with E-state index in [9.17, 15) is 18.4 Å². The first kappa shape index (κ1) is 25.1. The van der Waals surface area contributed by atoms with Gasteiger partial charge in [0.1, 0.15) is 5.60 Å². The van der Waals surface area contributed by atoms with Crippen LogP contribution in [-0.2, 0) is 4.74 Å². The Morgan fingerprint density at radius 3 is 2.58 bits per heavy atom. The molecule has 11 heteroatoms. The number of hydrogen-bond donors (Lipinski definition) is 1. The van der Waals surface area contributed by atoms with Gasteiger partial charge in [0.2, 0.25) is 0 Å². The average Bonchev–Trinajstić information content (AvgIpc) is 3.43. The molecular formula is C22H30F2N4O4S. The number of nitrogens with zero attached hydrogens (tertiary/aromatic N) is 3. The molecule has 0 radical (unpaired) electrons. The van der Waals surface area contributed by atoms with Gasteiger partial charge < -0.3 is 19.5 Å². The molecule has 1 aliphatic heterocycles. The fourth-order valence-electron chi connectivity index (χ4n) is 3.29. The number of halogens is 2. The first-order valence-corrected chi connectivity index (χ1v) is 11.8. The Labute approximate surface area is 195 Å². The van der Waals surface area contributed by atoms with Crippen LogP contribution in [0.2, 0.25) is 0 Å². The van der Waals surface area contributed by atoms with Crippen LogP contribution in [0.1, 0.15) is 44.1 Å². The van der Waals surface area contributed by atoms with E-state index < -0.39 is 23.9 Å². The van der Waals surface area contributed by atoms with Crippen molar-refractivity contribution in [3.05, 3.63) is 29.3 Å². The Morgan fingerprint density at radius 2 is 1.94 bits per heavy atom. The van der Waals surface area contributed by atoms with E-state index in [0.29, 0.717) is 31.9 Å². The molecule has 1 N–H and O–H groups in total. The number of rotatable bonds is 8. The van der Waals surface area contributed by atoms with Crippen molar-refractivity contribution in [2.75, 3.05) is 39.3 Å². The third-order valence-corrected chi connectivity index (χ3v) is 5.99. The summed E-state index contributed by atoms with van der Waals surface area (Å²) in [5, 5.41) is 8.07. The van der Waals surface area contributed by atoms with Crippen LogP contribution in [0, 0.1) is 0 Å². The molecule has 1 aliphatic rings. The summed E-state index contributed by atoms with van der Waals surface area (Å²) in [4.78, 5) is 28.6. The molecule has 0 saturated carbocycles. The molecule has 3 heterocycles. The summed E-state index contributed by atoms with van der Waals surface area (Å²) in [7, 11) is 0. The summed E-state index contributed by atoms with van der Waals surface area (Å²) in [6.07, 6.45) is -1.16. The van der Waals surface area contributed by atoms with Crippen molar-refractivity contribution in [1.29, 1.82) is 0 Å². The molecule has 1 saturated heterocycles. The van der Waals surface area contributed by atoms with E-state index >= 15 is 0 Å². The third-order valence-electron chi connectivity index (χ3n) is 5.10. The minimum Gasteiger partial charge on any atom is -0.444 e. The van der Waals surface area contributed by atoms with Gasteiger partial charge in [-0.05, 0) is 32.2 Å². The van der Waals surface area contributed by atoms with Crippen LogP contribution in [0.15, 0.2) is 28.1 Å². The maximum absolute atomic E-state index is 14.3. The van der Waals surface area contributed by atoms with Gasteiger partial charge >= 0.3 is 6.09 Å². The second-order valence-electron chi connectivity index (χ2n) is 8.97. The fraction of sp³-hybridized carbons (Fsp3) is 0.591. The summed E-state index contributed by atoms with van der Waals surface area (Å²) < 4.78 is 39.1. The Hall–Kier alpha value is -2.53. The highest BCUT2D eigenvalue weighted by Gasteiger charge is 2.31. The maximum atomic E-state index is 14.3. The molecule has 2 aromatic rings. The van der Waals surface area contributed by atoms with Crippen LogP contribution in [0.5, 0.6) is 0 Å². The molecule has 0 spiro atoms. The van der Waals surface area contributed by atoms with E-state index in [2.05, 4.69) is 10.5 Å². The minimum atomic E-state index is -2.92. The van der Waals surface area contributed by atoms with Crippen LogP contribution in [0.25, 0.3) is 10.6 Å². The Morgan fingerprint density at radius 1 is 1.21 bits per heavy atom. The van der Waals surface area contributed by atoms with E-state index in [0.717, 1.165) is 4.88 Å². The lowest BCUT2D eigenvalue weighted by molar-refractivity contribution is -0.0282. The normalized spacial score (nSPS) is 15.5. The first-order chi connectivity index (χ1) is 15.5. The van der Waals surface area contributed by atoms with Gasteiger partial charge in [0.15, 0.2) is 11.5 Å². The summed E-state index contributed by atoms with van der Waals surface area (Å²) in [5.74, 6) is -3.00. The predicted octanol–water partition coefficient (Wildman–Crippen LogP) is 4.10. The Bertz CT molecular complexity index is 919. The highest BCUT2D eigenvalue weighted by Crippen LogP contribution is 2.26. The molecule has 0 unspecified atom stereocenters. The van der Waals surface area contributed by atoms with Crippen LogP contribution < -0.4 is 5.32 Å². The molecule has 33 heavy (non-hydrogen) atoms. The summed E-state index contributed by atoms with van der Waals surface area (Å²) in [5.41, 5.74) is -0.504. The number of nitrogens with one attached hydrogen (secondary N) is 1. The number of piperazine rings is 1. The molecule has 2 aromatic heterocycles. The number of alkyl halides is 2. The second kappa shape index (κ2) is 10.6. The van der Waals surface area contributed by atoms with Gasteiger partial charge in [0.05, 0.1) is 4.88 Å². The molecule has 182 valence electrons. The number of amides is 2. The number of ether oxygens (including phenoxy) is 1. The predicted molar refractivity (Wildman–Crippen MR) is 121 cm³/mol. The zero-order valence-corrected chi connectivity index (χ0v) is 19.9. The molecular weight excluding hydrogens is 454 g/mol. The molecule has 0 bridgehead atoms. The quantitative estimate of drug-likeness (QED) is 0.607. The van der Waals surface area contributed by atoms with Crippen molar-refractivity contribution < 1.29 is 27.6 Å². The minimum absolute atomic E-state index is 0.0598. The van der Waals surface area contributed by atoms with E-state index in [4.69, 9.17) is 9.26 Å². The Kier molecular flexibility index (Phi) is 8.06. The molecule has 0 aliphatic carbocycles. The van der Waals surface area contributed by atoms with Gasteiger partial charge in [0.25, 0.3) is 11.8 Å². The van der Waals surface area contributed by atoms with E-state index in [1.54, 1.807) is 25.7 Å². The highest BCUT2D eigenvalue weighted by atomic mass is 32.1. The van der Waals surface area contributed by atoms with Crippen molar-refractivity contribution in [3.8, 4) is 10.6 Å². The van der Waals surface area contributed by atoms with E-state index in [1.165, 1.54) is 17.4 Å². The summed E-state index contributed by atoms with van der Waals surface area (Å²) >= 11 is 1.45. The Balaban J connectivity index is 1.35. The average molecular weight is 485 g/mol. The summed E-state index contributed by atoms with van der Waals surface area (Å²) in [6, 6.07) is 5.19. The van der Waals surface area contributed by atoms with Crippen molar-refractivity contribution in [3.63, 3.8) is 0 Å². The maximum Gasteiger partial charge on any atom is 0.410 e. The molecule has 0 aromatic carbocycles. The van der Waals surface area contributed by atoms with Crippen LogP contribution in [-0.4, -0.2) is 77.7 Å². The topological polar surface area (TPSA) is 87.9 Å². The second-order valence-corrected chi connectivity index (χ2v) is 9.92. The van der Waals surface area contributed by atoms with Crippen LogP contribution >= 0.6 is 11.3 Å². The van der Waals surface area contributed by atoms with E-state index in [1.807, 2.05) is 22.4 Å². The number of hydrogen-bond acceptors (Lipinski definition) is 7. The number of thiophene rings is 1. The van der Waals surface area contributed by atoms with Crippen molar-refractivity contribution >= 4 is 23.3 Å². The zero-order valence-electron chi connectivity index (χ0n) is 19.1. The van der Waals surface area contributed by atoms with Gasteiger partial charge in [0, 0.05) is 58.2 Å². The molecule has 3 rings (SSSR count). The molecule has 1 fully saturated rings. The van der Waals surface area contributed by atoms with Gasteiger partial charge in [-0.2, -0.15) is 0 Å². The van der Waals surface area contributed by atoms with Gasteiger partial charge in [-0.3, -0.25) is 9.69 Å². The lowest BCUT2D eigenvalue weighted by Gasteiger charge is -2.36. The molecule has 2 amide bonds. The van der Waals surface area contributed by atoms with Crippen LogP contribution in [0.4, 0.5) is 13.6 Å². The van der Waals surface area contributed by atoms with Gasteiger partial charge in [-0.1, -0.05) is 11.2 Å². The molecule has 8 nitrogen and oxygen atoms in total. The van der Waals surface area contributed by atoms with Gasteiger partial charge in [-0.25, -0.2) is 13.6 Å². The SMILES string of the molecule is CC(C)(C)OC(=O)N1CCN(CCC(F)(F)CCNC(=O)c2cc(-c3cccs3)on2)CC1. The third kappa shape index (κ3) is 7.78. The fourth-order valence-corrected chi connectivity index (χ4v) is 3.97. The van der Waals surface area contributed by atoms with Crippen molar-refractivity contribution in [2.24, 2.45) is 0 Å². The zero-order chi connectivity index (χ0) is 24.1. The summed E-state index contributed by atoms with van der Waals surface area (Å²) in [6.45, 7) is 7.40. The lowest BCUT2D eigenvalue weighted by Crippen LogP contribution is -2.50. The number of carbonyl (C=O) groups is 2. The smallest absolute Gasteiger partial charge is 0.410 e.